The fourth-order valence-electron chi connectivity index (χ4n) is 3.67. The van der Waals surface area contributed by atoms with Gasteiger partial charge >= 0.3 is 0 Å². The van der Waals surface area contributed by atoms with Crippen molar-refractivity contribution in [2.24, 2.45) is 7.05 Å². The van der Waals surface area contributed by atoms with Crippen LogP contribution in [-0.2, 0) is 24.8 Å². The highest BCUT2D eigenvalue weighted by Gasteiger charge is 2.19. The summed E-state index contributed by atoms with van der Waals surface area (Å²) in [7, 11) is 1.79. The number of nitrogens with zero attached hydrogens (tertiary/aromatic N) is 5. The molecule has 174 valence electrons. The van der Waals surface area contributed by atoms with Crippen LogP contribution in [-0.4, -0.2) is 35.8 Å². The first-order chi connectivity index (χ1) is 16.5. The molecule has 34 heavy (non-hydrogen) atoms. The molecule has 2 aromatic carbocycles. The van der Waals surface area contributed by atoms with Crippen LogP contribution in [0.15, 0.2) is 83.3 Å². The average Bonchev–Trinajstić information content (AvgIpc) is 3.32. The number of allylic oxidation sites excluding steroid dienone is 1. The molecular formula is C25H26N6O2S. The minimum absolute atomic E-state index is 0.0969. The molecule has 0 aliphatic carbocycles. The molecule has 1 amide bonds. The second kappa shape index (κ2) is 10.4. The largest absolute Gasteiger partial charge is 0.319 e. The number of para-hydroxylation sites is 1. The molecule has 0 spiro atoms. The van der Waals surface area contributed by atoms with Gasteiger partial charge in [-0.1, -0.05) is 66.4 Å². The molecule has 0 unspecified atom stereocenters. The lowest BCUT2D eigenvalue weighted by Crippen LogP contribution is -2.23. The van der Waals surface area contributed by atoms with Crippen LogP contribution in [0, 0.1) is 6.92 Å². The molecule has 1 N–H and O–H groups in total. The fraction of sp³-hybridized carbons (Fsp3) is 0.200. The highest BCUT2D eigenvalue weighted by molar-refractivity contribution is 7.99. The van der Waals surface area contributed by atoms with Crippen LogP contribution in [0.5, 0.6) is 0 Å². The molecule has 4 rings (SSSR count). The predicted molar refractivity (Wildman–Crippen MR) is 135 cm³/mol. The van der Waals surface area contributed by atoms with Gasteiger partial charge in [-0.05, 0) is 24.6 Å². The number of rotatable bonds is 9. The van der Waals surface area contributed by atoms with Crippen LogP contribution >= 0.6 is 11.8 Å². The summed E-state index contributed by atoms with van der Waals surface area (Å²) in [6, 6.07) is 19.3. The maximum Gasteiger partial charge on any atom is 0.295 e. The smallest absolute Gasteiger partial charge is 0.295 e. The van der Waals surface area contributed by atoms with Gasteiger partial charge in [0.05, 0.1) is 17.1 Å². The topological polar surface area (TPSA) is 86.7 Å². The summed E-state index contributed by atoms with van der Waals surface area (Å²) in [6.45, 7) is 6.17. The summed E-state index contributed by atoms with van der Waals surface area (Å²) in [5.74, 6) is 0.618. The number of carbonyl (C=O) groups is 1. The lowest BCUT2D eigenvalue weighted by Gasteiger charge is -2.08. The van der Waals surface area contributed by atoms with Crippen molar-refractivity contribution >= 4 is 23.4 Å². The van der Waals surface area contributed by atoms with E-state index in [1.807, 2.05) is 65.2 Å². The van der Waals surface area contributed by atoms with Crippen molar-refractivity contribution < 1.29 is 4.79 Å². The number of carbonyl (C=O) groups excluding carboxylic acids is 1. The number of anilines is 1. The average molecular weight is 475 g/mol. The van der Waals surface area contributed by atoms with Crippen molar-refractivity contribution in [3.05, 3.63) is 101 Å². The standard InChI is InChI=1S/C25H26N6O2S/c1-4-15-30-21(16-19-11-7-5-8-12-19)27-28-25(30)34-17-22(32)26-23-18(2)29(3)31(24(23)33)20-13-9-6-10-14-20/h4-14H,1,15-17H2,2-3H3,(H,26,32). The van der Waals surface area contributed by atoms with Crippen molar-refractivity contribution in [2.45, 2.75) is 25.0 Å². The van der Waals surface area contributed by atoms with E-state index < -0.39 is 0 Å². The first-order valence-corrected chi connectivity index (χ1v) is 11.8. The van der Waals surface area contributed by atoms with E-state index >= 15 is 0 Å². The van der Waals surface area contributed by atoms with Gasteiger partial charge in [0.1, 0.15) is 11.5 Å². The molecule has 8 nitrogen and oxygen atoms in total. The Kier molecular flexibility index (Phi) is 7.12. The Hall–Kier alpha value is -3.85. The van der Waals surface area contributed by atoms with Gasteiger partial charge in [0.25, 0.3) is 5.56 Å². The summed E-state index contributed by atoms with van der Waals surface area (Å²) in [5.41, 5.74) is 2.53. The van der Waals surface area contributed by atoms with Crippen molar-refractivity contribution in [3.8, 4) is 5.69 Å². The molecule has 2 aromatic heterocycles. The summed E-state index contributed by atoms with van der Waals surface area (Å²) in [4.78, 5) is 25.8. The highest BCUT2D eigenvalue weighted by Crippen LogP contribution is 2.20. The maximum atomic E-state index is 13.0. The summed E-state index contributed by atoms with van der Waals surface area (Å²) < 4.78 is 5.22. The second-order valence-corrected chi connectivity index (χ2v) is 8.68. The number of hydrogen-bond donors (Lipinski definition) is 1. The van der Waals surface area contributed by atoms with Gasteiger partial charge in [-0.25, -0.2) is 4.68 Å². The van der Waals surface area contributed by atoms with E-state index in [4.69, 9.17) is 0 Å². The van der Waals surface area contributed by atoms with Crippen LogP contribution in [0.1, 0.15) is 17.1 Å². The van der Waals surface area contributed by atoms with E-state index in [2.05, 4.69) is 22.1 Å². The van der Waals surface area contributed by atoms with Crippen LogP contribution in [0.3, 0.4) is 0 Å². The van der Waals surface area contributed by atoms with Gasteiger partial charge in [0.2, 0.25) is 5.91 Å². The molecule has 0 aliphatic rings. The number of aromatic nitrogens is 5. The molecule has 4 aromatic rings. The van der Waals surface area contributed by atoms with Gasteiger partial charge in [-0.3, -0.25) is 14.3 Å². The van der Waals surface area contributed by atoms with E-state index in [-0.39, 0.29) is 22.9 Å². The Morgan fingerprint density at radius 3 is 2.44 bits per heavy atom. The molecule has 0 aliphatic heterocycles. The lowest BCUT2D eigenvalue weighted by molar-refractivity contribution is -0.113. The third kappa shape index (κ3) is 4.89. The van der Waals surface area contributed by atoms with Crippen LogP contribution < -0.4 is 10.9 Å². The quantitative estimate of drug-likeness (QED) is 0.296. The van der Waals surface area contributed by atoms with E-state index in [0.717, 1.165) is 17.1 Å². The number of amides is 1. The molecule has 2 heterocycles. The van der Waals surface area contributed by atoms with Crippen molar-refractivity contribution in [1.82, 2.24) is 24.1 Å². The molecular weight excluding hydrogens is 448 g/mol. The maximum absolute atomic E-state index is 13.0. The number of hydrogen-bond acceptors (Lipinski definition) is 5. The third-order valence-corrected chi connectivity index (χ3v) is 6.43. The predicted octanol–water partition coefficient (Wildman–Crippen LogP) is 3.58. The first kappa shape index (κ1) is 23.3. The molecule has 0 atom stereocenters. The second-order valence-electron chi connectivity index (χ2n) is 7.73. The Bertz CT molecular complexity index is 1360. The van der Waals surface area contributed by atoms with E-state index in [9.17, 15) is 9.59 Å². The number of nitrogens with one attached hydrogen (secondary N) is 1. The van der Waals surface area contributed by atoms with Crippen LogP contribution in [0.25, 0.3) is 5.69 Å². The molecule has 0 bridgehead atoms. The van der Waals surface area contributed by atoms with Gasteiger partial charge in [-0.2, -0.15) is 0 Å². The van der Waals surface area contributed by atoms with Crippen molar-refractivity contribution in [3.63, 3.8) is 0 Å². The van der Waals surface area contributed by atoms with Crippen molar-refractivity contribution in [1.29, 1.82) is 0 Å². The van der Waals surface area contributed by atoms with Crippen molar-refractivity contribution in [2.75, 3.05) is 11.1 Å². The zero-order chi connectivity index (χ0) is 24.1. The van der Waals surface area contributed by atoms with E-state index in [1.54, 1.807) is 24.7 Å². The van der Waals surface area contributed by atoms with E-state index in [0.29, 0.717) is 23.8 Å². The van der Waals surface area contributed by atoms with Crippen LogP contribution in [0.4, 0.5) is 5.69 Å². The summed E-state index contributed by atoms with van der Waals surface area (Å²) in [6.07, 6.45) is 2.41. The summed E-state index contributed by atoms with van der Waals surface area (Å²) >= 11 is 1.28. The van der Waals surface area contributed by atoms with Gasteiger partial charge in [0, 0.05) is 20.0 Å². The Labute approximate surface area is 201 Å². The van der Waals surface area contributed by atoms with Gasteiger partial charge in [-0.15, -0.1) is 16.8 Å². The Morgan fingerprint density at radius 2 is 1.76 bits per heavy atom. The molecule has 0 saturated carbocycles. The first-order valence-electron chi connectivity index (χ1n) is 10.8. The SMILES string of the molecule is C=CCn1c(Cc2ccccc2)nnc1SCC(=O)Nc1c(C)n(C)n(-c2ccccc2)c1=O. The zero-order valence-electron chi connectivity index (χ0n) is 19.1. The van der Waals surface area contributed by atoms with Crippen LogP contribution in [0.2, 0.25) is 0 Å². The van der Waals surface area contributed by atoms with Gasteiger partial charge in [0.15, 0.2) is 5.16 Å². The number of thioether (sulfide) groups is 1. The molecule has 9 heteroatoms. The lowest BCUT2D eigenvalue weighted by atomic mass is 10.1. The normalized spacial score (nSPS) is 10.9. The fourth-order valence-corrected chi connectivity index (χ4v) is 4.43. The number of benzene rings is 2. The molecule has 0 fully saturated rings. The molecule has 0 saturated heterocycles. The minimum atomic E-state index is -0.284. The monoisotopic (exact) mass is 474 g/mol. The van der Waals surface area contributed by atoms with Gasteiger partial charge < -0.3 is 9.88 Å². The zero-order valence-corrected chi connectivity index (χ0v) is 20.0. The highest BCUT2D eigenvalue weighted by atomic mass is 32.2. The Balaban J connectivity index is 1.48. The van der Waals surface area contributed by atoms with E-state index in [1.165, 1.54) is 16.4 Å². The Morgan fingerprint density at radius 1 is 1.09 bits per heavy atom. The molecule has 0 radical (unpaired) electrons. The summed E-state index contributed by atoms with van der Waals surface area (Å²) in [5, 5.41) is 12.0. The third-order valence-electron chi connectivity index (χ3n) is 5.46. The minimum Gasteiger partial charge on any atom is -0.319 e.